The summed E-state index contributed by atoms with van der Waals surface area (Å²) in [7, 11) is 0. The zero-order valence-electron chi connectivity index (χ0n) is 11.6. The summed E-state index contributed by atoms with van der Waals surface area (Å²) in [6.07, 6.45) is 0. The molecule has 3 aromatic rings. The van der Waals surface area contributed by atoms with Gasteiger partial charge in [0.15, 0.2) is 32.8 Å². The van der Waals surface area contributed by atoms with Crippen LogP contribution in [0.25, 0.3) is 0 Å². The normalized spacial score (nSPS) is 13.3. The van der Waals surface area contributed by atoms with Gasteiger partial charge in [0.1, 0.15) is 0 Å². The fourth-order valence-corrected chi connectivity index (χ4v) is 3.39. The highest BCUT2D eigenvalue weighted by atomic mass is 32.2. The molecule has 0 N–H and O–H groups in total. The number of ether oxygens (including phenoxy) is 2. The van der Waals surface area contributed by atoms with Crippen LogP contribution in [0.2, 0.25) is 0 Å². The summed E-state index contributed by atoms with van der Waals surface area (Å²) in [5.41, 5.74) is 0. The molecule has 1 aliphatic rings. The van der Waals surface area contributed by atoms with Gasteiger partial charge in [-0.05, 0) is 36.4 Å². The third-order valence-corrected chi connectivity index (χ3v) is 4.76. The molecule has 3 aromatic carbocycles. The van der Waals surface area contributed by atoms with E-state index in [1.807, 2.05) is 54.6 Å². The molecule has 0 saturated carbocycles. The van der Waals surface area contributed by atoms with E-state index in [4.69, 9.17) is 9.47 Å². The summed E-state index contributed by atoms with van der Waals surface area (Å²) in [6, 6.07) is 22.2. The Bertz CT molecular complexity index is 818. The first kappa shape index (κ1) is 13.2. The number of benzene rings is 3. The predicted molar refractivity (Wildman–Crippen MR) is 84.1 cm³/mol. The van der Waals surface area contributed by atoms with Crippen molar-refractivity contribution in [2.45, 2.75) is 9.79 Å². The topological polar surface area (TPSA) is 41.5 Å². The minimum absolute atomic E-state index is 0.584. The second-order valence-electron chi connectivity index (χ2n) is 4.84. The van der Waals surface area contributed by atoms with Crippen molar-refractivity contribution in [1.29, 1.82) is 0 Å². The second kappa shape index (κ2) is 5.40. The molecule has 0 aliphatic carbocycles. The summed E-state index contributed by atoms with van der Waals surface area (Å²) in [6.45, 7) is 0. The standard InChI is InChI=1S/C18H12O3S/c19-22(13-6-2-1-3-7-13)14-10-11-17-18(12-14)21-16-9-5-4-8-15(16)20-17/h1-12H. The van der Waals surface area contributed by atoms with Crippen LogP contribution in [0.15, 0.2) is 82.6 Å². The van der Waals surface area contributed by atoms with Crippen molar-refractivity contribution in [3.8, 4) is 23.0 Å². The van der Waals surface area contributed by atoms with Crippen molar-refractivity contribution in [3.63, 3.8) is 0 Å². The number of para-hydroxylation sites is 2. The summed E-state index contributed by atoms with van der Waals surface area (Å²) in [5.74, 6) is 2.57. The highest BCUT2D eigenvalue weighted by molar-refractivity contribution is 7.91. The van der Waals surface area contributed by atoms with Gasteiger partial charge < -0.3 is 14.0 Å². The van der Waals surface area contributed by atoms with Crippen LogP contribution in [-0.2, 0) is 11.2 Å². The molecule has 1 atom stereocenters. The average molecular weight is 308 g/mol. The number of rotatable bonds is 2. The van der Waals surface area contributed by atoms with Gasteiger partial charge in [-0.3, -0.25) is 0 Å². The highest BCUT2D eigenvalue weighted by Crippen LogP contribution is 2.45. The Morgan fingerprint density at radius 3 is 1.91 bits per heavy atom. The molecule has 3 nitrogen and oxygen atoms in total. The lowest BCUT2D eigenvalue weighted by molar-refractivity contribution is 0.358. The molecule has 0 radical (unpaired) electrons. The summed E-state index contributed by atoms with van der Waals surface area (Å²) >= 11 is -1.24. The minimum Gasteiger partial charge on any atom is -0.606 e. The Labute approximate surface area is 131 Å². The molecule has 0 saturated heterocycles. The molecule has 0 spiro atoms. The van der Waals surface area contributed by atoms with Gasteiger partial charge in [0.2, 0.25) is 0 Å². The van der Waals surface area contributed by atoms with Gasteiger partial charge in [-0.15, -0.1) is 0 Å². The Kier molecular flexibility index (Phi) is 3.25. The number of hydrogen-bond donors (Lipinski definition) is 0. The molecule has 1 heterocycles. The molecule has 108 valence electrons. The Hall–Kier alpha value is -2.43. The summed E-state index contributed by atoms with van der Waals surface area (Å²) in [5, 5.41) is 0. The highest BCUT2D eigenvalue weighted by Gasteiger charge is 2.22. The van der Waals surface area contributed by atoms with Gasteiger partial charge in [0.05, 0.1) is 0 Å². The van der Waals surface area contributed by atoms with Crippen LogP contribution in [0.4, 0.5) is 0 Å². The van der Waals surface area contributed by atoms with E-state index in [0.717, 1.165) is 4.90 Å². The molecular weight excluding hydrogens is 296 g/mol. The van der Waals surface area contributed by atoms with Crippen molar-refractivity contribution < 1.29 is 14.0 Å². The Balaban J connectivity index is 1.69. The van der Waals surface area contributed by atoms with Crippen molar-refractivity contribution in [2.75, 3.05) is 0 Å². The maximum atomic E-state index is 12.6. The molecule has 4 heteroatoms. The fourth-order valence-electron chi connectivity index (χ4n) is 2.30. The van der Waals surface area contributed by atoms with E-state index in [1.54, 1.807) is 18.2 Å². The Morgan fingerprint density at radius 1 is 0.591 bits per heavy atom. The molecule has 0 bridgehead atoms. The van der Waals surface area contributed by atoms with Crippen LogP contribution in [0.3, 0.4) is 0 Å². The monoisotopic (exact) mass is 308 g/mol. The third kappa shape index (κ3) is 2.32. The molecule has 0 fully saturated rings. The van der Waals surface area contributed by atoms with Crippen LogP contribution in [-0.4, -0.2) is 4.55 Å². The molecule has 0 amide bonds. The van der Waals surface area contributed by atoms with E-state index < -0.39 is 11.2 Å². The molecule has 1 aliphatic heterocycles. The third-order valence-electron chi connectivity index (χ3n) is 3.38. The maximum Gasteiger partial charge on any atom is 0.175 e. The van der Waals surface area contributed by atoms with Crippen LogP contribution < -0.4 is 9.47 Å². The SMILES string of the molecule is [O-][S+](c1ccccc1)c1ccc2c(c1)Oc1ccccc1O2. The van der Waals surface area contributed by atoms with Crippen LogP contribution in [0, 0.1) is 0 Å². The van der Waals surface area contributed by atoms with E-state index in [0.29, 0.717) is 27.9 Å². The predicted octanol–water partition coefficient (Wildman–Crippen LogP) is 4.75. The quantitative estimate of drug-likeness (QED) is 0.502. The zero-order valence-corrected chi connectivity index (χ0v) is 12.4. The average Bonchev–Trinajstić information content (AvgIpc) is 2.59. The van der Waals surface area contributed by atoms with Gasteiger partial charge in [-0.2, -0.15) is 0 Å². The first-order chi connectivity index (χ1) is 10.8. The van der Waals surface area contributed by atoms with Crippen LogP contribution in [0.5, 0.6) is 23.0 Å². The van der Waals surface area contributed by atoms with Gasteiger partial charge in [-0.25, -0.2) is 0 Å². The lowest BCUT2D eigenvalue weighted by Crippen LogP contribution is -2.04. The smallest absolute Gasteiger partial charge is 0.175 e. The van der Waals surface area contributed by atoms with Crippen molar-refractivity contribution >= 4 is 11.2 Å². The molecule has 1 unspecified atom stereocenters. The van der Waals surface area contributed by atoms with E-state index in [9.17, 15) is 4.55 Å². The van der Waals surface area contributed by atoms with E-state index in [1.165, 1.54) is 0 Å². The van der Waals surface area contributed by atoms with Crippen molar-refractivity contribution in [3.05, 3.63) is 72.8 Å². The number of hydrogen-bond acceptors (Lipinski definition) is 3. The van der Waals surface area contributed by atoms with Gasteiger partial charge >= 0.3 is 0 Å². The van der Waals surface area contributed by atoms with Crippen LogP contribution in [0.1, 0.15) is 0 Å². The lowest BCUT2D eigenvalue weighted by Gasteiger charge is -2.21. The van der Waals surface area contributed by atoms with Crippen molar-refractivity contribution in [1.82, 2.24) is 0 Å². The molecular formula is C18H12O3S. The number of fused-ring (bicyclic) bond motifs is 2. The van der Waals surface area contributed by atoms with E-state index in [2.05, 4.69) is 0 Å². The Morgan fingerprint density at radius 2 is 1.18 bits per heavy atom. The summed E-state index contributed by atoms with van der Waals surface area (Å²) in [4.78, 5) is 1.45. The summed E-state index contributed by atoms with van der Waals surface area (Å²) < 4.78 is 24.2. The van der Waals surface area contributed by atoms with E-state index in [-0.39, 0.29) is 0 Å². The molecule has 0 aromatic heterocycles. The second-order valence-corrected chi connectivity index (χ2v) is 6.32. The van der Waals surface area contributed by atoms with Crippen molar-refractivity contribution in [2.24, 2.45) is 0 Å². The first-order valence-corrected chi connectivity index (χ1v) is 8.02. The van der Waals surface area contributed by atoms with Gasteiger partial charge in [-0.1, -0.05) is 30.3 Å². The molecule has 22 heavy (non-hydrogen) atoms. The van der Waals surface area contributed by atoms with Gasteiger partial charge in [0.25, 0.3) is 0 Å². The van der Waals surface area contributed by atoms with E-state index >= 15 is 0 Å². The minimum atomic E-state index is -1.24. The maximum absolute atomic E-state index is 12.6. The van der Waals surface area contributed by atoms with Crippen LogP contribution >= 0.6 is 0 Å². The fraction of sp³-hybridized carbons (Fsp3) is 0. The zero-order chi connectivity index (χ0) is 14.9. The lowest BCUT2D eigenvalue weighted by atomic mass is 10.2. The van der Waals surface area contributed by atoms with Gasteiger partial charge in [0, 0.05) is 17.2 Å². The largest absolute Gasteiger partial charge is 0.606 e. The first-order valence-electron chi connectivity index (χ1n) is 6.87. The molecule has 4 rings (SSSR count).